The van der Waals surface area contributed by atoms with Crippen LogP contribution in [-0.4, -0.2) is 18.3 Å². The van der Waals surface area contributed by atoms with Gasteiger partial charge in [-0.1, -0.05) is 6.07 Å². The maximum Gasteiger partial charge on any atom is 0.132 e. The second kappa shape index (κ2) is 5.02. The average Bonchev–Trinajstić information content (AvgIpc) is 2.14. The molecule has 1 aromatic carbocycles. The maximum atomic E-state index is 13.1. The fourth-order valence-electron chi connectivity index (χ4n) is 1.14. The molecule has 2 nitrogen and oxygen atoms in total. The quantitative estimate of drug-likeness (QED) is 0.809. The van der Waals surface area contributed by atoms with Crippen molar-refractivity contribution in [3.8, 4) is 0 Å². The molecule has 0 bridgehead atoms. The number of rotatable bonds is 4. The molecule has 4 heteroatoms. The molecule has 0 aliphatic carbocycles. The summed E-state index contributed by atoms with van der Waals surface area (Å²) < 4.78 is 31.0. The normalized spacial score (nSPS) is 12.9. The molecular formula is C10H12F2O2. The predicted octanol–water partition coefficient (Wildman–Crippen LogP) is 2.03. The molecule has 0 aliphatic heterocycles. The largest absolute Gasteiger partial charge is 0.386 e. The second-order valence-electron chi connectivity index (χ2n) is 2.81. The lowest BCUT2D eigenvalue weighted by Crippen LogP contribution is -2.10. The molecule has 1 atom stereocenters. The third kappa shape index (κ3) is 2.49. The van der Waals surface area contributed by atoms with E-state index in [1.54, 1.807) is 6.92 Å². The van der Waals surface area contributed by atoms with E-state index in [2.05, 4.69) is 0 Å². The summed E-state index contributed by atoms with van der Waals surface area (Å²) in [5.74, 6) is -1.51. The Morgan fingerprint density at radius 1 is 1.36 bits per heavy atom. The van der Waals surface area contributed by atoms with Crippen molar-refractivity contribution in [3.05, 3.63) is 35.4 Å². The number of aliphatic hydroxyl groups excluding tert-OH is 1. The lowest BCUT2D eigenvalue weighted by molar-refractivity contribution is 0.0381. The van der Waals surface area contributed by atoms with Gasteiger partial charge in [-0.3, -0.25) is 0 Å². The Labute approximate surface area is 81.1 Å². The highest BCUT2D eigenvalue weighted by Gasteiger charge is 2.17. The van der Waals surface area contributed by atoms with Crippen molar-refractivity contribution in [1.82, 2.24) is 0 Å². The van der Waals surface area contributed by atoms with E-state index in [1.807, 2.05) is 0 Å². The summed E-state index contributed by atoms with van der Waals surface area (Å²) in [4.78, 5) is 0. The predicted molar refractivity (Wildman–Crippen MR) is 47.8 cm³/mol. The molecule has 1 N–H and O–H groups in total. The molecule has 0 fully saturated rings. The summed E-state index contributed by atoms with van der Waals surface area (Å²) in [6.45, 7) is 2.03. The molecule has 1 unspecified atom stereocenters. The molecule has 0 radical (unpaired) electrons. The van der Waals surface area contributed by atoms with E-state index in [0.29, 0.717) is 6.61 Å². The summed E-state index contributed by atoms with van der Waals surface area (Å²) in [7, 11) is 0. The zero-order valence-corrected chi connectivity index (χ0v) is 7.84. The van der Waals surface area contributed by atoms with Crippen LogP contribution < -0.4 is 0 Å². The second-order valence-corrected chi connectivity index (χ2v) is 2.81. The lowest BCUT2D eigenvalue weighted by Gasteiger charge is -2.12. The fourth-order valence-corrected chi connectivity index (χ4v) is 1.14. The molecule has 0 saturated carbocycles. The molecule has 1 aromatic rings. The molecule has 14 heavy (non-hydrogen) atoms. The third-order valence-corrected chi connectivity index (χ3v) is 1.81. The van der Waals surface area contributed by atoms with Crippen LogP contribution in [0.5, 0.6) is 0 Å². The van der Waals surface area contributed by atoms with Gasteiger partial charge < -0.3 is 9.84 Å². The van der Waals surface area contributed by atoms with E-state index < -0.39 is 17.7 Å². The van der Waals surface area contributed by atoms with Crippen LogP contribution >= 0.6 is 0 Å². The van der Waals surface area contributed by atoms with Gasteiger partial charge in [0.25, 0.3) is 0 Å². The Kier molecular flexibility index (Phi) is 3.98. The van der Waals surface area contributed by atoms with Crippen LogP contribution in [-0.2, 0) is 4.74 Å². The highest BCUT2D eigenvalue weighted by atomic mass is 19.1. The van der Waals surface area contributed by atoms with Crippen LogP contribution in [0.2, 0.25) is 0 Å². The number of benzene rings is 1. The van der Waals surface area contributed by atoms with Crippen molar-refractivity contribution in [2.45, 2.75) is 13.0 Å². The van der Waals surface area contributed by atoms with E-state index in [9.17, 15) is 13.9 Å². The summed E-state index contributed by atoms with van der Waals surface area (Å²) in [6, 6.07) is 3.46. The standard InChI is InChI=1S/C10H12F2O2/c1-2-14-6-9(13)10-7(11)4-3-5-8(10)12/h3-5,9,13H,2,6H2,1H3. The Hall–Kier alpha value is -1.00. The summed E-state index contributed by atoms with van der Waals surface area (Å²) in [5, 5.41) is 9.41. The molecule has 0 amide bonds. The van der Waals surface area contributed by atoms with E-state index in [4.69, 9.17) is 4.74 Å². The van der Waals surface area contributed by atoms with Gasteiger partial charge in [0.15, 0.2) is 0 Å². The summed E-state index contributed by atoms with van der Waals surface area (Å²) in [6.07, 6.45) is -1.25. The Bertz CT molecular complexity index is 282. The highest BCUT2D eigenvalue weighted by Crippen LogP contribution is 2.20. The Balaban J connectivity index is 2.82. The van der Waals surface area contributed by atoms with Gasteiger partial charge in [-0.2, -0.15) is 0 Å². The molecule has 0 aliphatic rings. The minimum atomic E-state index is -1.25. The number of hydrogen-bond acceptors (Lipinski definition) is 2. The number of hydrogen-bond donors (Lipinski definition) is 1. The van der Waals surface area contributed by atoms with Crippen molar-refractivity contribution < 1.29 is 18.6 Å². The first-order valence-electron chi connectivity index (χ1n) is 4.36. The first-order valence-corrected chi connectivity index (χ1v) is 4.36. The number of ether oxygens (including phenoxy) is 1. The number of aliphatic hydroxyl groups is 1. The van der Waals surface area contributed by atoms with Gasteiger partial charge in [-0.15, -0.1) is 0 Å². The van der Waals surface area contributed by atoms with Crippen molar-refractivity contribution in [1.29, 1.82) is 0 Å². The Morgan fingerprint density at radius 2 is 1.93 bits per heavy atom. The van der Waals surface area contributed by atoms with Crippen molar-refractivity contribution in [2.75, 3.05) is 13.2 Å². The van der Waals surface area contributed by atoms with Gasteiger partial charge in [0.1, 0.15) is 17.7 Å². The van der Waals surface area contributed by atoms with Gasteiger partial charge in [0.05, 0.1) is 12.2 Å². The Morgan fingerprint density at radius 3 is 2.43 bits per heavy atom. The van der Waals surface area contributed by atoms with Crippen LogP contribution in [0.1, 0.15) is 18.6 Å². The number of halogens is 2. The van der Waals surface area contributed by atoms with Crippen LogP contribution in [0.4, 0.5) is 8.78 Å². The van der Waals surface area contributed by atoms with E-state index >= 15 is 0 Å². The van der Waals surface area contributed by atoms with Crippen LogP contribution in [0, 0.1) is 11.6 Å². The summed E-state index contributed by atoms with van der Waals surface area (Å²) in [5.41, 5.74) is -0.332. The molecular weight excluding hydrogens is 190 g/mol. The zero-order chi connectivity index (χ0) is 10.6. The molecule has 0 spiro atoms. The smallest absolute Gasteiger partial charge is 0.132 e. The maximum absolute atomic E-state index is 13.1. The van der Waals surface area contributed by atoms with Gasteiger partial charge in [-0.25, -0.2) is 8.78 Å². The zero-order valence-electron chi connectivity index (χ0n) is 7.84. The van der Waals surface area contributed by atoms with E-state index in [1.165, 1.54) is 6.07 Å². The van der Waals surface area contributed by atoms with E-state index in [0.717, 1.165) is 12.1 Å². The SMILES string of the molecule is CCOCC(O)c1c(F)cccc1F. The molecule has 78 valence electrons. The van der Waals surface area contributed by atoms with Gasteiger partial charge in [0, 0.05) is 6.61 Å². The van der Waals surface area contributed by atoms with Gasteiger partial charge >= 0.3 is 0 Å². The summed E-state index contributed by atoms with van der Waals surface area (Å²) >= 11 is 0. The van der Waals surface area contributed by atoms with Crippen molar-refractivity contribution in [3.63, 3.8) is 0 Å². The van der Waals surface area contributed by atoms with Crippen LogP contribution in [0.3, 0.4) is 0 Å². The van der Waals surface area contributed by atoms with Crippen molar-refractivity contribution in [2.24, 2.45) is 0 Å². The first kappa shape index (κ1) is 11.1. The molecule has 0 aromatic heterocycles. The first-order chi connectivity index (χ1) is 6.66. The molecule has 0 saturated heterocycles. The topological polar surface area (TPSA) is 29.5 Å². The third-order valence-electron chi connectivity index (χ3n) is 1.81. The monoisotopic (exact) mass is 202 g/mol. The minimum Gasteiger partial charge on any atom is -0.386 e. The van der Waals surface area contributed by atoms with E-state index in [-0.39, 0.29) is 12.2 Å². The highest BCUT2D eigenvalue weighted by molar-refractivity contribution is 5.21. The molecule has 1 rings (SSSR count). The molecule has 0 heterocycles. The van der Waals surface area contributed by atoms with Crippen molar-refractivity contribution >= 4 is 0 Å². The minimum absolute atomic E-state index is 0.103. The van der Waals surface area contributed by atoms with Crippen LogP contribution in [0.25, 0.3) is 0 Å². The lowest BCUT2D eigenvalue weighted by atomic mass is 10.1. The average molecular weight is 202 g/mol. The fraction of sp³-hybridized carbons (Fsp3) is 0.400. The van der Waals surface area contributed by atoms with Crippen LogP contribution in [0.15, 0.2) is 18.2 Å². The van der Waals surface area contributed by atoms with Gasteiger partial charge in [-0.05, 0) is 19.1 Å². The van der Waals surface area contributed by atoms with Gasteiger partial charge in [0.2, 0.25) is 0 Å².